The first-order valence-corrected chi connectivity index (χ1v) is 11.0. The topological polar surface area (TPSA) is 48.0 Å². The molecule has 6 heteroatoms. The highest BCUT2D eigenvalue weighted by molar-refractivity contribution is 9.10. The van der Waals surface area contributed by atoms with Gasteiger partial charge in [-0.05, 0) is 44.4 Å². The van der Waals surface area contributed by atoms with E-state index in [2.05, 4.69) is 22.9 Å². The molecule has 3 rings (SSSR count). The predicted octanol–water partition coefficient (Wildman–Crippen LogP) is 5.76. The van der Waals surface area contributed by atoms with Gasteiger partial charge in [-0.15, -0.1) is 0 Å². The summed E-state index contributed by atoms with van der Waals surface area (Å²) in [5.41, 5.74) is 2.06. The molecule has 2 aromatic carbocycles. The standard InChI is InChI=1S/C23H28BrNO4/c1-4-17(13-16-11-12-18(27-5-2)14-21(16)28-6-3)25-15-22(29-23(25)26)19-9-7-8-10-20(19)24/h7-12,14,17,22H,4-6,13,15H2,1-3H3/t17-,22+/m1/s1. The molecule has 1 heterocycles. The summed E-state index contributed by atoms with van der Waals surface area (Å²) in [4.78, 5) is 14.5. The second-order valence-corrected chi connectivity index (χ2v) is 7.80. The van der Waals surface area contributed by atoms with Gasteiger partial charge in [0.1, 0.15) is 17.6 Å². The molecular weight excluding hydrogens is 434 g/mol. The largest absolute Gasteiger partial charge is 0.494 e. The molecule has 5 nitrogen and oxygen atoms in total. The SMILES string of the molecule is CCOc1ccc(C[C@@H](CC)N2C[C@@H](c3ccccc3Br)OC2=O)c(OCC)c1. The van der Waals surface area contributed by atoms with Crippen molar-refractivity contribution in [2.75, 3.05) is 19.8 Å². The number of benzene rings is 2. The van der Waals surface area contributed by atoms with E-state index in [0.717, 1.165) is 33.5 Å². The van der Waals surface area contributed by atoms with Gasteiger partial charge >= 0.3 is 6.09 Å². The van der Waals surface area contributed by atoms with Crippen LogP contribution < -0.4 is 9.47 Å². The number of ether oxygens (including phenoxy) is 3. The lowest BCUT2D eigenvalue weighted by molar-refractivity contribution is 0.127. The summed E-state index contributed by atoms with van der Waals surface area (Å²) in [6.07, 6.45) is 1.01. The zero-order valence-corrected chi connectivity index (χ0v) is 18.8. The molecule has 0 saturated carbocycles. The van der Waals surface area contributed by atoms with Crippen LogP contribution in [-0.4, -0.2) is 36.8 Å². The van der Waals surface area contributed by atoms with Gasteiger partial charge in [0, 0.05) is 22.1 Å². The first-order valence-electron chi connectivity index (χ1n) is 10.2. The van der Waals surface area contributed by atoms with Gasteiger partial charge in [-0.2, -0.15) is 0 Å². The van der Waals surface area contributed by atoms with Crippen molar-refractivity contribution < 1.29 is 19.0 Å². The van der Waals surface area contributed by atoms with Gasteiger partial charge < -0.3 is 19.1 Å². The van der Waals surface area contributed by atoms with Crippen molar-refractivity contribution in [1.29, 1.82) is 0 Å². The predicted molar refractivity (Wildman–Crippen MR) is 117 cm³/mol. The fourth-order valence-corrected chi connectivity index (χ4v) is 4.19. The maximum absolute atomic E-state index is 12.6. The molecule has 156 valence electrons. The minimum Gasteiger partial charge on any atom is -0.494 e. The van der Waals surface area contributed by atoms with E-state index in [9.17, 15) is 4.79 Å². The molecule has 2 atom stereocenters. The van der Waals surface area contributed by atoms with Gasteiger partial charge in [-0.3, -0.25) is 0 Å². The van der Waals surface area contributed by atoms with Gasteiger partial charge in [0.2, 0.25) is 0 Å². The van der Waals surface area contributed by atoms with E-state index < -0.39 is 0 Å². The summed E-state index contributed by atoms with van der Waals surface area (Å²) >= 11 is 3.56. The summed E-state index contributed by atoms with van der Waals surface area (Å²) in [5, 5.41) is 0. The molecule has 1 fully saturated rings. The zero-order valence-electron chi connectivity index (χ0n) is 17.2. The van der Waals surface area contributed by atoms with Gasteiger partial charge in [0.15, 0.2) is 0 Å². The molecule has 2 aromatic rings. The second kappa shape index (κ2) is 10.0. The molecule has 1 amide bonds. The van der Waals surface area contributed by atoms with Crippen LogP contribution in [0, 0.1) is 0 Å². The van der Waals surface area contributed by atoms with Crippen LogP contribution in [0.2, 0.25) is 0 Å². The number of hydrogen-bond acceptors (Lipinski definition) is 4. The van der Waals surface area contributed by atoms with Crippen molar-refractivity contribution in [1.82, 2.24) is 4.90 Å². The maximum atomic E-state index is 12.6. The zero-order chi connectivity index (χ0) is 20.8. The average molecular weight is 462 g/mol. The number of amides is 1. The van der Waals surface area contributed by atoms with E-state index in [1.165, 1.54) is 0 Å². The summed E-state index contributed by atoms with van der Waals surface area (Å²) in [6, 6.07) is 13.8. The number of hydrogen-bond donors (Lipinski definition) is 0. The Bertz CT molecular complexity index is 841. The summed E-state index contributed by atoms with van der Waals surface area (Å²) in [5.74, 6) is 1.61. The van der Waals surface area contributed by atoms with E-state index in [0.29, 0.717) is 26.2 Å². The number of halogens is 1. The van der Waals surface area contributed by atoms with Crippen molar-refractivity contribution in [3.63, 3.8) is 0 Å². The molecule has 0 N–H and O–H groups in total. The maximum Gasteiger partial charge on any atom is 0.410 e. The Morgan fingerprint density at radius 1 is 1.14 bits per heavy atom. The third kappa shape index (κ3) is 5.04. The van der Waals surface area contributed by atoms with Crippen molar-refractivity contribution in [3.8, 4) is 11.5 Å². The summed E-state index contributed by atoms with van der Waals surface area (Å²) in [6.45, 7) is 7.75. The molecule has 0 spiro atoms. The number of rotatable bonds is 9. The number of cyclic esters (lactones) is 1. The van der Waals surface area contributed by atoms with Crippen LogP contribution >= 0.6 is 15.9 Å². The molecule has 1 aliphatic heterocycles. The third-order valence-electron chi connectivity index (χ3n) is 5.11. The second-order valence-electron chi connectivity index (χ2n) is 6.95. The molecular formula is C23H28BrNO4. The lowest BCUT2D eigenvalue weighted by Gasteiger charge is -2.25. The quantitative estimate of drug-likeness (QED) is 0.476. The summed E-state index contributed by atoms with van der Waals surface area (Å²) in [7, 11) is 0. The number of carbonyl (C=O) groups is 1. The average Bonchev–Trinajstić information content (AvgIpc) is 3.09. The van der Waals surface area contributed by atoms with Crippen LogP contribution in [0.3, 0.4) is 0 Å². The number of carbonyl (C=O) groups excluding carboxylic acids is 1. The molecule has 0 aromatic heterocycles. The Hall–Kier alpha value is -2.21. The van der Waals surface area contributed by atoms with Gasteiger partial charge in [-0.25, -0.2) is 4.79 Å². The summed E-state index contributed by atoms with van der Waals surface area (Å²) < 4.78 is 18.1. The first kappa shape index (κ1) is 21.5. The Balaban J connectivity index is 1.78. The molecule has 0 bridgehead atoms. The highest BCUT2D eigenvalue weighted by Crippen LogP contribution is 2.34. The van der Waals surface area contributed by atoms with Gasteiger partial charge in [-0.1, -0.05) is 47.1 Å². The minimum absolute atomic E-state index is 0.0344. The Morgan fingerprint density at radius 3 is 2.59 bits per heavy atom. The van der Waals surface area contributed by atoms with Crippen LogP contribution in [0.1, 0.15) is 44.4 Å². The molecule has 0 radical (unpaired) electrons. The number of nitrogens with zero attached hydrogens (tertiary/aromatic N) is 1. The van der Waals surface area contributed by atoms with Crippen molar-refractivity contribution >= 4 is 22.0 Å². The van der Waals surface area contributed by atoms with E-state index in [1.54, 1.807) is 0 Å². The van der Waals surface area contributed by atoms with Gasteiger partial charge in [0.25, 0.3) is 0 Å². The van der Waals surface area contributed by atoms with Crippen molar-refractivity contribution in [2.45, 2.75) is 45.8 Å². The van der Waals surface area contributed by atoms with E-state index >= 15 is 0 Å². The smallest absolute Gasteiger partial charge is 0.410 e. The van der Waals surface area contributed by atoms with Gasteiger partial charge in [0.05, 0.1) is 19.8 Å². The first-order chi connectivity index (χ1) is 14.1. The Morgan fingerprint density at radius 2 is 1.90 bits per heavy atom. The highest BCUT2D eigenvalue weighted by Gasteiger charge is 2.37. The Kier molecular flexibility index (Phi) is 7.42. The lowest BCUT2D eigenvalue weighted by atomic mass is 10.0. The van der Waals surface area contributed by atoms with Crippen LogP contribution in [0.15, 0.2) is 46.9 Å². The lowest BCUT2D eigenvalue weighted by Crippen LogP contribution is -2.37. The van der Waals surface area contributed by atoms with Crippen LogP contribution in [0.4, 0.5) is 4.79 Å². The van der Waals surface area contributed by atoms with Crippen LogP contribution in [-0.2, 0) is 11.2 Å². The van der Waals surface area contributed by atoms with E-state index in [4.69, 9.17) is 14.2 Å². The monoisotopic (exact) mass is 461 g/mol. The molecule has 0 unspecified atom stereocenters. The highest BCUT2D eigenvalue weighted by atomic mass is 79.9. The van der Waals surface area contributed by atoms with Crippen molar-refractivity contribution in [3.05, 3.63) is 58.1 Å². The van der Waals surface area contributed by atoms with Crippen molar-refractivity contribution in [2.24, 2.45) is 0 Å². The van der Waals surface area contributed by atoms with E-state index in [1.807, 2.05) is 61.2 Å². The fraction of sp³-hybridized carbons (Fsp3) is 0.435. The normalized spacial score (nSPS) is 17.2. The van der Waals surface area contributed by atoms with Crippen LogP contribution in [0.5, 0.6) is 11.5 Å². The van der Waals surface area contributed by atoms with Crippen LogP contribution in [0.25, 0.3) is 0 Å². The molecule has 1 aliphatic rings. The molecule has 0 aliphatic carbocycles. The molecule has 1 saturated heterocycles. The fourth-order valence-electron chi connectivity index (χ4n) is 3.65. The third-order valence-corrected chi connectivity index (χ3v) is 5.83. The molecule has 29 heavy (non-hydrogen) atoms. The van der Waals surface area contributed by atoms with E-state index in [-0.39, 0.29) is 18.2 Å². The Labute approximate surface area is 181 Å². The minimum atomic E-state index is -0.265.